The summed E-state index contributed by atoms with van der Waals surface area (Å²) in [5.74, 6) is -1.15. The van der Waals surface area contributed by atoms with Crippen molar-refractivity contribution in [3.05, 3.63) is 15.6 Å². The molecule has 1 atom stereocenters. The van der Waals surface area contributed by atoms with Gasteiger partial charge in [-0.2, -0.15) is 5.26 Å². The van der Waals surface area contributed by atoms with Crippen LogP contribution in [0, 0.1) is 11.3 Å². The molecule has 1 aromatic rings. The molecule has 5 heteroatoms. The van der Waals surface area contributed by atoms with Crippen LogP contribution in [-0.2, 0) is 17.6 Å². The maximum atomic E-state index is 11.5. The average Bonchev–Trinajstić information content (AvgIpc) is 2.72. The van der Waals surface area contributed by atoms with Gasteiger partial charge < -0.3 is 0 Å². The first-order valence-corrected chi connectivity index (χ1v) is 6.58. The lowest BCUT2D eigenvalue weighted by Gasteiger charge is -2.06. The van der Waals surface area contributed by atoms with E-state index in [0.717, 1.165) is 25.0 Å². The topological polar surface area (TPSA) is 53.8 Å². The van der Waals surface area contributed by atoms with E-state index < -0.39 is 5.92 Å². The van der Waals surface area contributed by atoms with E-state index in [1.54, 1.807) is 0 Å². The quantitative estimate of drug-likeness (QED) is 0.779. The van der Waals surface area contributed by atoms with E-state index in [9.17, 15) is 4.79 Å². The van der Waals surface area contributed by atoms with Crippen LogP contribution in [0.4, 0.5) is 0 Å². The van der Waals surface area contributed by atoms with E-state index in [2.05, 4.69) is 4.98 Å². The molecule has 1 aromatic heterocycles. The molecule has 0 aliphatic heterocycles. The Hall–Kier alpha value is -0.920. The number of rotatable bonds is 3. The van der Waals surface area contributed by atoms with Crippen LogP contribution in [0.2, 0.25) is 0 Å². The van der Waals surface area contributed by atoms with Gasteiger partial charge in [0, 0.05) is 4.88 Å². The summed E-state index contributed by atoms with van der Waals surface area (Å²) in [4.78, 5) is 17.1. The van der Waals surface area contributed by atoms with Crippen molar-refractivity contribution < 1.29 is 4.79 Å². The fourth-order valence-corrected chi connectivity index (χ4v) is 3.21. The predicted molar refractivity (Wildman–Crippen MR) is 62.8 cm³/mol. The molecular weight excluding hydrogens is 244 g/mol. The highest BCUT2D eigenvalue weighted by Gasteiger charge is 2.25. The van der Waals surface area contributed by atoms with Gasteiger partial charge in [0.1, 0.15) is 5.01 Å². The number of fused-ring (bicyclic) bond motifs is 1. The third kappa shape index (κ3) is 2.11. The van der Waals surface area contributed by atoms with Gasteiger partial charge in [-0.15, -0.1) is 22.9 Å². The van der Waals surface area contributed by atoms with Crippen molar-refractivity contribution in [2.24, 2.45) is 0 Å². The highest BCUT2D eigenvalue weighted by molar-refractivity contribution is 7.12. The summed E-state index contributed by atoms with van der Waals surface area (Å²) < 4.78 is 0. The second kappa shape index (κ2) is 4.94. The van der Waals surface area contributed by atoms with Gasteiger partial charge in [0.2, 0.25) is 0 Å². The molecule has 0 saturated carbocycles. The summed E-state index contributed by atoms with van der Waals surface area (Å²) in [6.07, 6.45) is 4.32. The smallest absolute Gasteiger partial charge is 0.171 e. The Bertz CT molecular complexity index is 426. The number of thiazole rings is 1. The van der Waals surface area contributed by atoms with Crippen LogP contribution >= 0.6 is 22.9 Å². The largest absolute Gasteiger partial charge is 0.296 e. The monoisotopic (exact) mass is 254 g/mol. The molecule has 0 saturated heterocycles. The Balaban J connectivity index is 2.29. The Kier molecular flexibility index (Phi) is 3.57. The molecule has 1 aliphatic carbocycles. The molecule has 2 rings (SSSR count). The molecule has 1 unspecified atom stereocenters. The van der Waals surface area contributed by atoms with Crippen molar-refractivity contribution in [3.8, 4) is 6.07 Å². The van der Waals surface area contributed by atoms with Crippen molar-refractivity contribution in [1.29, 1.82) is 5.26 Å². The summed E-state index contributed by atoms with van der Waals surface area (Å²) in [5.41, 5.74) is 1.08. The Labute approximate surface area is 103 Å². The Morgan fingerprint density at radius 2 is 2.31 bits per heavy atom. The highest BCUT2D eigenvalue weighted by atomic mass is 35.5. The van der Waals surface area contributed by atoms with Crippen molar-refractivity contribution >= 4 is 28.7 Å². The molecular formula is C11H11ClN2OS. The van der Waals surface area contributed by atoms with Gasteiger partial charge in [0.05, 0.1) is 17.6 Å². The second-order valence-electron chi connectivity index (χ2n) is 3.79. The molecule has 0 spiro atoms. The third-order valence-electron chi connectivity index (χ3n) is 2.69. The van der Waals surface area contributed by atoms with E-state index >= 15 is 0 Å². The number of carbonyl (C=O) groups is 1. The van der Waals surface area contributed by atoms with Crippen LogP contribution in [0.5, 0.6) is 0 Å². The number of alkyl halides is 1. The zero-order valence-electron chi connectivity index (χ0n) is 8.70. The van der Waals surface area contributed by atoms with E-state index in [1.807, 2.05) is 6.07 Å². The molecule has 16 heavy (non-hydrogen) atoms. The van der Waals surface area contributed by atoms with E-state index in [-0.39, 0.29) is 11.7 Å². The molecule has 0 aromatic carbocycles. The van der Waals surface area contributed by atoms with Gasteiger partial charge in [0.15, 0.2) is 11.7 Å². The zero-order valence-corrected chi connectivity index (χ0v) is 10.3. The van der Waals surface area contributed by atoms with Crippen molar-refractivity contribution in [1.82, 2.24) is 4.98 Å². The number of ketones is 1. The number of hydrogen-bond acceptors (Lipinski definition) is 4. The molecule has 1 aliphatic rings. The van der Waals surface area contributed by atoms with E-state index in [4.69, 9.17) is 16.9 Å². The minimum absolute atomic E-state index is 0.123. The highest BCUT2D eigenvalue weighted by Crippen LogP contribution is 2.30. The first kappa shape index (κ1) is 11.6. The Morgan fingerprint density at radius 1 is 1.56 bits per heavy atom. The summed E-state index contributed by atoms with van der Waals surface area (Å²) in [6, 6.07) is 1.99. The van der Waals surface area contributed by atoms with E-state index in [0.29, 0.717) is 5.01 Å². The number of Topliss-reactive ketones (excluding diaryl/α,β-unsaturated/α-hetero) is 1. The first-order valence-electron chi connectivity index (χ1n) is 5.23. The van der Waals surface area contributed by atoms with Crippen molar-refractivity contribution in [2.75, 3.05) is 5.88 Å². The van der Waals surface area contributed by atoms with Crippen molar-refractivity contribution in [2.45, 2.75) is 31.6 Å². The molecule has 3 nitrogen and oxygen atoms in total. The SMILES string of the molecule is N#CC(C(=O)CCl)c1nc2c(s1)CCCC2. The van der Waals surface area contributed by atoms with Crippen LogP contribution in [-0.4, -0.2) is 16.6 Å². The van der Waals surface area contributed by atoms with Gasteiger partial charge in [-0.05, 0) is 25.7 Å². The number of hydrogen-bond donors (Lipinski definition) is 0. The minimum atomic E-state index is -0.770. The molecule has 0 fully saturated rings. The molecule has 1 heterocycles. The number of nitrogens with zero attached hydrogens (tertiary/aromatic N) is 2. The molecule has 0 radical (unpaired) electrons. The molecule has 0 bridgehead atoms. The number of halogens is 1. The van der Waals surface area contributed by atoms with Gasteiger partial charge >= 0.3 is 0 Å². The van der Waals surface area contributed by atoms with Crippen LogP contribution < -0.4 is 0 Å². The maximum Gasteiger partial charge on any atom is 0.171 e. The fraction of sp³-hybridized carbons (Fsp3) is 0.545. The molecule has 0 amide bonds. The summed E-state index contributed by atoms with van der Waals surface area (Å²) in [5, 5.41) is 9.60. The van der Waals surface area contributed by atoms with Gasteiger partial charge in [-0.1, -0.05) is 0 Å². The lowest BCUT2D eigenvalue weighted by molar-refractivity contribution is -0.117. The summed E-state index contributed by atoms with van der Waals surface area (Å²) in [7, 11) is 0. The number of aryl methyl sites for hydroxylation is 2. The lowest BCUT2D eigenvalue weighted by atomic mass is 10.0. The minimum Gasteiger partial charge on any atom is -0.296 e. The number of aromatic nitrogens is 1. The summed E-state index contributed by atoms with van der Waals surface area (Å²) in [6.45, 7) is 0. The maximum absolute atomic E-state index is 11.5. The first-order chi connectivity index (χ1) is 7.76. The van der Waals surface area contributed by atoms with Crippen LogP contribution in [0.1, 0.15) is 34.3 Å². The average molecular weight is 255 g/mol. The van der Waals surface area contributed by atoms with Gasteiger partial charge in [0.25, 0.3) is 0 Å². The normalized spacial score (nSPS) is 16.2. The summed E-state index contributed by atoms with van der Waals surface area (Å²) >= 11 is 6.98. The molecule has 84 valence electrons. The predicted octanol–water partition coefficient (Wildman–Crippen LogP) is 2.44. The third-order valence-corrected chi connectivity index (χ3v) is 4.18. The van der Waals surface area contributed by atoms with Gasteiger partial charge in [-0.3, -0.25) is 4.79 Å². The lowest BCUT2D eigenvalue weighted by Crippen LogP contribution is -2.11. The van der Waals surface area contributed by atoms with Crippen LogP contribution in [0.25, 0.3) is 0 Å². The zero-order chi connectivity index (χ0) is 11.5. The Morgan fingerprint density at radius 3 is 2.94 bits per heavy atom. The van der Waals surface area contributed by atoms with Crippen LogP contribution in [0.15, 0.2) is 0 Å². The van der Waals surface area contributed by atoms with Gasteiger partial charge in [-0.25, -0.2) is 4.98 Å². The fourth-order valence-electron chi connectivity index (χ4n) is 1.84. The second-order valence-corrected chi connectivity index (χ2v) is 5.17. The molecule has 0 N–H and O–H groups in total. The standard InChI is InChI=1S/C11H11ClN2OS/c12-5-9(15)7(6-13)11-14-8-3-1-2-4-10(8)16-11/h7H,1-5H2. The number of nitriles is 1. The van der Waals surface area contributed by atoms with E-state index in [1.165, 1.54) is 22.6 Å². The number of carbonyl (C=O) groups excluding carboxylic acids is 1. The van der Waals surface area contributed by atoms with Crippen LogP contribution in [0.3, 0.4) is 0 Å². The van der Waals surface area contributed by atoms with Crippen molar-refractivity contribution in [3.63, 3.8) is 0 Å².